The van der Waals surface area contributed by atoms with Crippen molar-refractivity contribution in [2.75, 3.05) is 27.4 Å². The van der Waals surface area contributed by atoms with E-state index in [-0.39, 0.29) is 31.0 Å². The molecule has 3 aromatic rings. The lowest BCUT2D eigenvalue weighted by Crippen LogP contribution is -2.27. The normalized spacial score (nSPS) is 13.6. The van der Waals surface area contributed by atoms with Gasteiger partial charge in [0.15, 0.2) is 0 Å². The van der Waals surface area contributed by atoms with Crippen LogP contribution in [0.4, 0.5) is 0 Å². The largest absolute Gasteiger partial charge is 0.477 e. The molecule has 1 N–H and O–H groups in total. The molecule has 0 aliphatic heterocycles. The van der Waals surface area contributed by atoms with Crippen molar-refractivity contribution in [2.24, 2.45) is 0 Å². The van der Waals surface area contributed by atoms with Crippen molar-refractivity contribution in [1.29, 1.82) is 0 Å². The molecular weight excluding hydrogens is 509 g/mol. The molecule has 2 atom stereocenters. The monoisotopic (exact) mass is 537 g/mol. The van der Waals surface area contributed by atoms with E-state index in [0.29, 0.717) is 16.6 Å². The lowest BCUT2D eigenvalue weighted by molar-refractivity contribution is 0.205. The Morgan fingerprint density at radius 2 is 1.58 bits per heavy atom. The van der Waals surface area contributed by atoms with Gasteiger partial charge in [0.25, 0.3) is 11.8 Å². The average Bonchev–Trinajstić information content (AvgIpc) is 2.81. The van der Waals surface area contributed by atoms with E-state index in [4.69, 9.17) is 18.5 Å². The Kier molecular flexibility index (Phi) is 8.84. The summed E-state index contributed by atoms with van der Waals surface area (Å²) in [4.78, 5) is 9.14. The number of para-hydroxylation sites is 1. The SMILES string of the molecule is CCOP(=O)(OCC)C(N[C@@H](C)c1ccc(Br)cc1)c1cccc2nc(OC)c(OC)nc12. The molecule has 3 rings (SSSR count). The van der Waals surface area contributed by atoms with Crippen molar-refractivity contribution in [3.63, 3.8) is 0 Å². The summed E-state index contributed by atoms with van der Waals surface area (Å²) in [7, 11) is -0.640. The molecule has 8 nitrogen and oxygen atoms in total. The molecule has 0 saturated heterocycles. The minimum Gasteiger partial charge on any atom is -0.477 e. The molecule has 0 radical (unpaired) electrons. The molecule has 0 spiro atoms. The van der Waals surface area contributed by atoms with Crippen LogP contribution in [0.25, 0.3) is 11.0 Å². The summed E-state index contributed by atoms with van der Waals surface area (Å²) in [6, 6.07) is 13.3. The standard InChI is InChI=1S/C23H29BrN3O5P/c1-6-31-33(28,32-7-2)23(25-15(3)16-11-13-17(24)14-12-16)18-9-8-10-19-20(18)27-22(30-5)21(26-19)29-4/h8-15,23,25H,6-7H2,1-5H3/t15-,23?/m0/s1. The van der Waals surface area contributed by atoms with Crippen LogP contribution in [0.1, 0.15) is 43.7 Å². The van der Waals surface area contributed by atoms with Crippen molar-refractivity contribution in [3.8, 4) is 11.8 Å². The topological polar surface area (TPSA) is 91.8 Å². The fraction of sp³-hybridized carbons (Fsp3) is 0.391. The van der Waals surface area contributed by atoms with Gasteiger partial charge < -0.3 is 18.5 Å². The van der Waals surface area contributed by atoms with Crippen LogP contribution in [0, 0.1) is 0 Å². The van der Waals surface area contributed by atoms with Gasteiger partial charge in [0.1, 0.15) is 5.78 Å². The van der Waals surface area contributed by atoms with Crippen molar-refractivity contribution >= 4 is 34.6 Å². The molecule has 0 fully saturated rings. The van der Waals surface area contributed by atoms with E-state index in [1.54, 1.807) is 13.8 Å². The van der Waals surface area contributed by atoms with Crippen LogP contribution in [0.5, 0.6) is 11.8 Å². The van der Waals surface area contributed by atoms with Crippen LogP contribution in [-0.4, -0.2) is 37.4 Å². The van der Waals surface area contributed by atoms with Crippen LogP contribution in [0.15, 0.2) is 46.9 Å². The minimum atomic E-state index is -3.64. The first-order chi connectivity index (χ1) is 15.9. The highest BCUT2D eigenvalue weighted by molar-refractivity contribution is 9.10. The first-order valence-corrected chi connectivity index (χ1v) is 13.1. The first kappa shape index (κ1) is 25.6. The predicted molar refractivity (Wildman–Crippen MR) is 132 cm³/mol. The van der Waals surface area contributed by atoms with Gasteiger partial charge in [0.2, 0.25) is 0 Å². The Balaban J connectivity index is 2.17. The maximum atomic E-state index is 14.0. The van der Waals surface area contributed by atoms with Crippen LogP contribution >= 0.6 is 23.5 Å². The fourth-order valence-corrected chi connectivity index (χ4v) is 5.85. The number of methoxy groups -OCH3 is 2. The highest BCUT2D eigenvalue weighted by Crippen LogP contribution is 2.61. The predicted octanol–water partition coefficient (Wildman–Crippen LogP) is 6.03. The summed E-state index contributed by atoms with van der Waals surface area (Å²) >= 11 is 3.47. The molecule has 1 aromatic heterocycles. The van der Waals surface area contributed by atoms with Crippen LogP contribution in [-0.2, 0) is 13.6 Å². The minimum absolute atomic E-state index is 0.166. The molecule has 33 heavy (non-hydrogen) atoms. The van der Waals surface area contributed by atoms with E-state index in [9.17, 15) is 4.57 Å². The summed E-state index contributed by atoms with van der Waals surface area (Å²) in [6.07, 6.45) is 0. The number of hydrogen-bond acceptors (Lipinski definition) is 8. The Morgan fingerprint density at radius 3 is 2.15 bits per heavy atom. The maximum Gasteiger partial charge on any atom is 0.352 e. The summed E-state index contributed by atoms with van der Waals surface area (Å²) in [6.45, 7) is 6.04. The summed E-state index contributed by atoms with van der Waals surface area (Å²) in [5, 5.41) is 3.47. The third-order valence-corrected chi connectivity index (χ3v) is 7.88. The van der Waals surface area contributed by atoms with Gasteiger partial charge in [-0.2, -0.15) is 0 Å². The number of ether oxygens (including phenoxy) is 2. The van der Waals surface area contributed by atoms with Crippen molar-refractivity contribution in [3.05, 3.63) is 58.1 Å². The van der Waals surface area contributed by atoms with Gasteiger partial charge in [-0.15, -0.1) is 0 Å². The highest BCUT2D eigenvalue weighted by Gasteiger charge is 2.39. The number of aromatic nitrogens is 2. The number of fused-ring (bicyclic) bond motifs is 1. The van der Waals surface area contributed by atoms with Gasteiger partial charge in [-0.1, -0.05) is 40.2 Å². The summed E-state index contributed by atoms with van der Waals surface area (Å²) in [5.74, 6) is -0.292. The van der Waals surface area contributed by atoms with E-state index >= 15 is 0 Å². The molecule has 0 amide bonds. The molecular formula is C23H29BrN3O5P. The second kappa shape index (κ2) is 11.4. The quantitative estimate of drug-likeness (QED) is 0.296. The van der Waals surface area contributed by atoms with Crippen molar-refractivity contribution in [1.82, 2.24) is 15.3 Å². The van der Waals surface area contributed by atoms with Crippen molar-refractivity contribution in [2.45, 2.75) is 32.6 Å². The third kappa shape index (κ3) is 5.73. The summed E-state index contributed by atoms with van der Waals surface area (Å²) < 4.78 is 37.2. The van der Waals surface area contributed by atoms with Crippen molar-refractivity contribution < 1.29 is 23.1 Å². The van der Waals surface area contributed by atoms with E-state index in [1.807, 2.05) is 49.4 Å². The fourth-order valence-electron chi connectivity index (χ4n) is 3.54. The van der Waals surface area contributed by atoms with E-state index < -0.39 is 13.4 Å². The molecule has 2 aromatic carbocycles. The second-order valence-electron chi connectivity index (χ2n) is 7.17. The zero-order chi connectivity index (χ0) is 24.0. The molecule has 0 aliphatic rings. The van der Waals surface area contributed by atoms with Gasteiger partial charge >= 0.3 is 7.60 Å². The molecule has 1 heterocycles. The van der Waals surface area contributed by atoms with E-state index in [0.717, 1.165) is 10.0 Å². The lowest BCUT2D eigenvalue weighted by atomic mass is 10.1. The maximum absolute atomic E-state index is 14.0. The number of rotatable bonds is 11. The number of halogens is 1. The van der Waals surface area contributed by atoms with Gasteiger partial charge in [-0.3, -0.25) is 9.88 Å². The van der Waals surface area contributed by atoms with E-state index in [1.165, 1.54) is 14.2 Å². The Morgan fingerprint density at radius 1 is 0.970 bits per heavy atom. The number of nitrogens with one attached hydrogen (secondary N) is 1. The number of benzene rings is 2. The molecule has 1 unspecified atom stereocenters. The second-order valence-corrected chi connectivity index (χ2v) is 10.2. The zero-order valence-corrected chi connectivity index (χ0v) is 21.9. The number of hydrogen-bond donors (Lipinski definition) is 1. The molecule has 0 saturated carbocycles. The van der Waals surface area contributed by atoms with Crippen LogP contribution in [0.2, 0.25) is 0 Å². The molecule has 0 aliphatic carbocycles. The number of nitrogens with zero attached hydrogens (tertiary/aromatic N) is 2. The van der Waals surface area contributed by atoms with Gasteiger partial charge in [0, 0.05) is 16.1 Å². The molecule has 0 bridgehead atoms. The third-order valence-electron chi connectivity index (χ3n) is 5.06. The average molecular weight is 538 g/mol. The van der Waals surface area contributed by atoms with Crippen LogP contribution < -0.4 is 14.8 Å². The Labute approximate surface area is 202 Å². The van der Waals surface area contributed by atoms with Gasteiger partial charge in [0.05, 0.1) is 38.5 Å². The van der Waals surface area contributed by atoms with Crippen LogP contribution in [0.3, 0.4) is 0 Å². The Bertz CT molecular complexity index is 1120. The van der Waals surface area contributed by atoms with Gasteiger partial charge in [-0.25, -0.2) is 9.97 Å². The first-order valence-electron chi connectivity index (χ1n) is 10.7. The zero-order valence-electron chi connectivity index (χ0n) is 19.4. The summed E-state index contributed by atoms with van der Waals surface area (Å²) in [5.41, 5.74) is 2.76. The molecule has 10 heteroatoms. The smallest absolute Gasteiger partial charge is 0.352 e. The Hall–Kier alpha value is -2.03. The lowest BCUT2D eigenvalue weighted by Gasteiger charge is -2.30. The molecule has 178 valence electrons. The van der Waals surface area contributed by atoms with E-state index in [2.05, 4.69) is 31.2 Å². The highest BCUT2D eigenvalue weighted by atomic mass is 79.9. The van der Waals surface area contributed by atoms with Gasteiger partial charge in [-0.05, 0) is 44.5 Å².